The smallest absolute Gasteiger partial charge is 0.274 e. The van der Waals surface area contributed by atoms with Gasteiger partial charge in [-0.1, -0.05) is 43.8 Å². The van der Waals surface area contributed by atoms with E-state index in [0.29, 0.717) is 18.2 Å². The molecule has 0 bridgehead atoms. The van der Waals surface area contributed by atoms with E-state index in [1.54, 1.807) is 17.8 Å². The molecule has 0 fully saturated rings. The quantitative estimate of drug-likeness (QED) is 0.484. The van der Waals surface area contributed by atoms with Crippen LogP contribution < -0.4 is 10.2 Å². The van der Waals surface area contributed by atoms with Crippen LogP contribution in [0.3, 0.4) is 0 Å². The maximum absolute atomic E-state index is 12.8. The van der Waals surface area contributed by atoms with Crippen molar-refractivity contribution in [3.05, 3.63) is 71.2 Å². The fourth-order valence-electron chi connectivity index (χ4n) is 3.49. The standard InChI is InChI=1S/C23H25N5OS/c1-15(2)16-6-4-7-18(12-16)25-22(29)20-8-5-9-21(26-20)28-11-10-19-17(14-28)13-24-23(27-19)30-3/h4-9,12-13,15H,10-11,14H2,1-3H3,(H,25,29). The topological polar surface area (TPSA) is 71.0 Å². The van der Waals surface area contributed by atoms with Gasteiger partial charge in [-0.25, -0.2) is 15.0 Å². The van der Waals surface area contributed by atoms with Gasteiger partial charge in [-0.15, -0.1) is 0 Å². The Morgan fingerprint density at radius 2 is 2.00 bits per heavy atom. The molecule has 0 unspecified atom stereocenters. The molecule has 0 aliphatic carbocycles. The highest BCUT2D eigenvalue weighted by molar-refractivity contribution is 7.98. The van der Waals surface area contributed by atoms with Crippen molar-refractivity contribution in [2.24, 2.45) is 0 Å². The molecule has 3 aromatic rings. The van der Waals surface area contributed by atoms with Crippen LogP contribution in [0.25, 0.3) is 0 Å². The number of nitrogens with zero attached hydrogens (tertiary/aromatic N) is 4. The van der Waals surface area contributed by atoms with Gasteiger partial charge in [-0.05, 0) is 42.0 Å². The molecule has 154 valence electrons. The monoisotopic (exact) mass is 419 g/mol. The Kier molecular flexibility index (Phi) is 5.99. The summed E-state index contributed by atoms with van der Waals surface area (Å²) < 4.78 is 0. The number of rotatable bonds is 5. The molecular weight excluding hydrogens is 394 g/mol. The Hall–Kier alpha value is -2.93. The van der Waals surface area contributed by atoms with Crippen molar-refractivity contribution in [2.45, 2.75) is 37.9 Å². The number of anilines is 2. The van der Waals surface area contributed by atoms with Crippen molar-refractivity contribution in [3.8, 4) is 0 Å². The second-order valence-electron chi connectivity index (χ2n) is 7.62. The first-order valence-electron chi connectivity index (χ1n) is 10.1. The predicted molar refractivity (Wildman–Crippen MR) is 121 cm³/mol. The van der Waals surface area contributed by atoms with E-state index in [2.05, 4.69) is 45.1 Å². The number of hydrogen-bond donors (Lipinski definition) is 1. The number of carbonyl (C=O) groups excluding carboxylic acids is 1. The second-order valence-corrected chi connectivity index (χ2v) is 8.39. The van der Waals surface area contributed by atoms with Crippen molar-refractivity contribution < 1.29 is 4.79 Å². The Balaban J connectivity index is 1.50. The van der Waals surface area contributed by atoms with Crippen LogP contribution in [0.1, 0.15) is 47.1 Å². The van der Waals surface area contributed by atoms with Crippen molar-refractivity contribution in [1.82, 2.24) is 15.0 Å². The summed E-state index contributed by atoms with van der Waals surface area (Å²) in [4.78, 5) is 28.6. The minimum atomic E-state index is -0.205. The van der Waals surface area contributed by atoms with Gasteiger partial charge in [0, 0.05) is 37.0 Å². The molecule has 0 radical (unpaired) electrons. The summed E-state index contributed by atoms with van der Waals surface area (Å²) in [6, 6.07) is 13.5. The summed E-state index contributed by atoms with van der Waals surface area (Å²) in [5.74, 6) is 0.988. The lowest BCUT2D eigenvalue weighted by Gasteiger charge is -2.29. The molecular formula is C23H25N5OS. The molecule has 0 saturated carbocycles. The minimum absolute atomic E-state index is 0.205. The van der Waals surface area contributed by atoms with E-state index in [0.717, 1.165) is 40.9 Å². The first-order valence-corrected chi connectivity index (χ1v) is 11.3. The Morgan fingerprint density at radius 1 is 1.17 bits per heavy atom. The normalized spacial score (nSPS) is 13.3. The molecule has 0 atom stereocenters. The lowest BCUT2D eigenvalue weighted by atomic mass is 10.0. The average molecular weight is 420 g/mol. The summed E-state index contributed by atoms with van der Waals surface area (Å²) in [7, 11) is 0. The van der Waals surface area contributed by atoms with E-state index in [4.69, 9.17) is 0 Å². The van der Waals surface area contributed by atoms with Gasteiger partial charge in [0.15, 0.2) is 5.16 Å². The van der Waals surface area contributed by atoms with Gasteiger partial charge in [0.1, 0.15) is 11.5 Å². The Bertz CT molecular complexity index is 1070. The zero-order chi connectivity index (χ0) is 21.1. The largest absolute Gasteiger partial charge is 0.352 e. The lowest BCUT2D eigenvalue weighted by Crippen LogP contribution is -2.32. The average Bonchev–Trinajstić information content (AvgIpc) is 2.78. The van der Waals surface area contributed by atoms with Crippen molar-refractivity contribution in [1.29, 1.82) is 0 Å². The van der Waals surface area contributed by atoms with Crippen molar-refractivity contribution in [3.63, 3.8) is 0 Å². The maximum atomic E-state index is 12.8. The molecule has 6 nitrogen and oxygen atoms in total. The first kappa shape index (κ1) is 20.3. The third kappa shape index (κ3) is 4.46. The number of benzene rings is 1. The van der Waals surface area contributed by atoms with E-state index < -0.39 is 0 Å². The highest BCUT2D eigenvalue weighted by Crippen LogP contribution is 2.24. The molecule has 4 rings (SSSR count). The summed E-state index contributed by atoms with van der Waals surface area (Å²) in [5.41, 5.74) is 4.59. The molecule has 1 N–H and O–H groups in total. The number of thioether (sulfide) groups is 1. The summed E-state index contributed by atoms with van der Waals surface area (Å²) in [6.07, 6.45) is 4.72. The summed E-state index contributed by atoms with van der Waals surface area (Å²) in [6.45, 7) is 5.77. The van der Waals surface area contributed by atoms with Crippen LogP contribution in [0, 0.1) is 0 Å². The number of pyridine rings is 1. The van der Waals surface area contributed by atoms with Crippen LogP contribution in [0.5, 0.6) is 0 Å². The number of nitrogens with one attached hydrogen (secondary N) is 1. The SMILES string of the molecule is CSc1ncc2c(n1)CCN(c1cccc(C(=O)Nc3cccc(C(C)C)c3)n1)C2. The molecule has 1 aliphatic heterocycles. The molecule has 0 saturated heterocycles. The van der Waals surface area contributed by atoms with Gasteiger partial charge in [-0.2, -0.15) is 0 Å². The number of fused-ring (bicyclic) bond motifs is 1. The summed E-state index contributed by atoms with van der Waals surface area (Å²) >= 11 is 1.55. The van der Waals surface area contributed by atoms with Crippen LogP contribution in [-0.2, 0) is 13.0 Å². The van der Waals surface area contributed by atoms with Gasteiger partial charge in [0.2, 0.25) is 0 Å². The third-order valence-electron chi connectivity index (χ3n) is 5.20. The van der Waals surface area contributed by atoms with Crippen molar-refractivity contribution in [2.75, 3.05) is 23.0 Å². The van der Waals surface area contributed by atoms with Crippen LogP contribution in [0.4, 0.5) is 11.5 Å². The van der Waals surface area contributed by atoms with Crippen LogP contribution >= 0.6 is 11.8 Å². The molecule has 30 heavy (non-hydrogen) atoms. The highest BCUT2D eigenvalue weighted by Gasteiger charge is 2.20. The zero-order valence-corrected chi connectivity index (χ0v) is 18.2. The van der Waals surface area contributed by atoms with E-state index >= 15 is 0 Å². The van der Waals surface area contributed by atoms with Crippen molar-refractivity contribution >= 4 is 29.2 Å². The number of aromatic nitrogens is 3. The lowest BCUT2D eigenvalue weighted by molar-refractivity contribution is 0.102. The van der Waals surface area contributed by atoms with E-state index in [1.165, 1.54) is 5.56 Å². The fourth-order valence-corrected chi connectivity index (χ4v) is 3.85. The number of carbonyl (C=O) groups is 1. The predicted octanol–water partition coefficient (Wildman–Crippen LogP) is 4.53. The van der Waals surface area contributed by atoms with Gasteiger partial charge in [0.05, 0.1) is 5.69 Å². The number of hydrogen-bond acceptors (Lipinski definition) is 6. The zero-order valence-electron chi connectivity index (χ0n) is 17.4. The van der Waals surface area contributed by atoms with Crippen LogP contribution in [-0.4, -0.2) is 33.7 Å². The molecule has 0 spiro atoms. The molecule has 7 heteroatoms. The summed E-state index contributed by atoms with van der Waals surface area (Å²) in [5, 5.41) is 3.78. The minimum Gasteiger partial charge on any atom is -0.352 e. The van der Waals surface area contributed by atoms with Gasteiger partial charge >= 0.3 is 0 Å². The van der Waals surface area contributed by atoms with Crippen LogP contribution in [0.15, 0.2) is 53.8 Å². The van der Waals surface area contributed by atoms with E-state index in [9.17, 15) is 4.79 Å². The van der Waals surface area contributed by atoms with Gasteiger partial charge < -0.3 is 10.2 Å². The van der Waals surface area contributed by atoms with Gasteiger partial charge in [-0.3, -0.25) is 4.79 Å². The fraction of sp³-hybridized carbons (Fsp3) is 0.304. The van der Waals surface area contributed by atoms with E-state index in [-0.39, 0.29) is 5.91 Å². The second kappa shape index (κ2) is 8.83. The molecule has 3 heterocycles. The maximum Gasteiger partial charge on any atom is 0.274 e. The van der Waals surface area contributed by atoms with Gasteiger partial charge in [0.25, 0.3) is 5.91 Å². The first-order chi connectivity index (χ1) is 14.5. The van der Waals surface area contributed by atoms with E-state index in [1.807, 2.05) is 42.8 Å². The third-order valence-corrected chi connectivity index (χ3v) is 5.76. The molecule has 1 aliphatic rings. The van der Waals surface area contributed by atoms with Crippen LogP contribution in [0.2, 0.25) is 0 Å². The molecule has 1 amide bonds. The molecule has 1 aromatic carbocycles. The Morgan fingerprint density at radius 3 is 2.80 bits per heavy atom. The number of amides is 1. The highest BCUT2D eigenvalue weighted by atomic mass is 32.2. The Labute approximate surface area is 181 Å². The molecule has 2 aromatic heterocycles.